The molecule has 1 aromatic heterocycles. The van der Waals surface area contributed by atoms with Crippen LogP contribution in [0.25, 0.3) is 16.5 Å². The van der Waals surface area contributed by atoms with Crippen molar-refractivity contribution in [1.29, 1.82) is 0 Å². The molecular weight excluding hydrogens is 310 g/mol. The van der Waals surface area contributed by atoms with E-state index >= 15 is 0 Å². The van der Waals surface area contributed by atoms with E-state index in [1.165, 1.54) is 0 Å². The lowest BCUT2D eigenvalue weighted by molar-refractivity contribution is -0.115. The molecule has 4 heteroatoms. The Balaban J connectivity index is 1.50. The number of anilines is 1. The van der Waals surface area contributed by atoms with Crippen molar-refractivity contribution in [3.8, 4) is 5.69 Å². The predicted molar refractivity (Wildman–Crippen MR) is 99.8 cm³/mol. The molecule has 4 aromatic rings. The van der Waals surface area contributed by atoms with E-state index in [9.17, 15) is 4.79 Å². The van der Waals surface area contributed by atoms with Crippen LogP contribution in [0.15, 0.2) is 85.1 Å². The van der Waals surface area contributed by atoms with E-state index in [-0.39, 0.29) is 12.3 Å². The summed E-state index contributed by atoms with van der Waals surface area (Å²) in [7, 11) is 0. The average Bonchev–Trinajstić information content (AvgIpc) is 3.11. The molecule has 122 valence electrons. The first kappa shape index (κ1) is 15.1. The molecule has 0 fully saturated rings. The van der Waals surface area contributed by atoms with E-state index in [2.05, 4.69) is 10.4 Å². The number of nitrogens with one attached hydrogen (secondary N) is 1. The van der Waals surface area contributed by atoms with Crippen molar-refractivity contribution >= 4 is 22.4 Å². The van der Waals surface area contributed by atoms with Gasteiger partial charge in [0.05, 0.1) is 17.8 Å². The molecule has 0 aliphatic heterocycles. The van der Waals surface area contributed by atoms with Crippen molar-refractivity contribution in [2.45, 2.75) is 6.42 Å². The minimum absolute atomic E-state index is 0.0744. The van der Waals surface area contributed by atoms with Gasteiger partial charge in [-0.2, -0.15) is 5.10 Å². The van der Waals surface area contributed by atoms with E-state index in [0.29, 0.717) is 0 Å². The second-order valence-electron chi connectivity index (χ2n) is 5.84. The number of carbonyl (C=O) groups excluding carboxylic acids is 1. The highest BCUT2D eigenvalue weighted by Gasteiger charge is 2.09. The molecule has 1 heterocycles. The third kappa shape index (κ3) is 3.28. The zero-order valence-electron chi connectivity index (χ0n) is 13.6. The molecule has 1 N–H and O–H groups in total. The summed E-state index contributed by atoms with van der Waals surface area (Å²) in [6, 6.07) is 25.6. The van der Waals surface area contributed by atoms with Crippen molar-refractivity contribution in [2.75, 3.05) is 5.32 Å². The Morgan fingerprint density at radius 3 is 2.52 bits per heavy atom. The largest absolute Gasteiger partial charge is 0.325 e. The van der Waals surface area contributed by atoms with Crippen LogP contribution in [-0.4, -0.2) is 15.7 Å². The number of carbonyl (C=O) groups is 1. The highest BCUT2D eigenvalue weighted by atomic mass is 16.1. The molecule has 3 aromatic carbocycles. The summed E-state index contributed by atoms with van der Waals surface area (Å²) in [6.45, 7) is 0. The first-order valence-corrected chi connectivity index (χ1v) is 8.17. The van der Waals surface area contributed by atoms with Gasteiger partial charge >= 0.3 is 0 Å². The van der Waals surface area contributed by atoms with E-state index in [4.69, 9.17) is 0 Å². The Morgan fingerprint density at radius 1 is 0.880 bits per heavy atom. The van der Waals surface area contributed by atoms with Crippen LogP contribution in [-0.2, 0) is 11.2 Å². The number of nitrogens with zero attached hydrogens (tertiary/aromatic N) is 2. The first-order chi connectivity index (χ1) is 12.3. The monoisotopic (exact) mass is 327 g/mol. The minimum Gasteiger partial charge on any atom is -0.325 e. The maximum Gasteiger partial charge on any atom is 0.230 e. The number of hydrogen-bond acceptors (Lipinski definition) is 2. The third-order valence-electron chi connectivity index (χ3n) is 4.07. The van der Waals surface area contributed by atoms with Gasteiger partial charge in [0.1, 0.15) is 0 Å². The van der Waals surface area contributed by atoms with Gasteiger partial charge in [0, 0.05) is 17.3 Å². The molecule has 0 aliphatic rings. The Kier molecular flexibility index (Phi) is 4.01. The Morgan fingerprint density at radius 2 is 1.64 bits per heavy atom. The van der Waals surface area contributed by atoms with Gasteiger partial charge in [0.15, 0.2) is 0 Å². The van der Waals surface area contributed by atoms with Crippen LogP contribution in [0, 0.1) is 0 Å². The van der Waals surface area contributed by atoms with Crippen LogP contribution < -0.4 is 5.32 Å². The van der Waals surface area contributed by atoms with Gasteiger partial charge in [-0.05, 0) is 29.7 Å². The number of amides is 1. The number of rotatable bonds is 4. The van der Waals surface area contributed by atoms with Crippen LogP contribution in [0.4, 0.5) is 5.69 Å². The fourth-order valence-electron chi connectivity index (χ4n) is 2.87. The van der Waals surface area contributed by atoms with Crippen molar-refractivity contribution in [1.82, 2.24) is 9.78 Å². The molecule has 0 aliphatic carbocycles. The maximum absolute atomic E-state index is 12.4. The first-order valence-electron chi connectivity index (χ1n) is 8.17. The summed E-state index contributed by atoms with van der Waals surface area (Å²) >= 11 is 0. The molecule has 1 amide bonds. The van der Waals surface area contributed by atoms with Gasteiger partial charge in [0.25, 0.3) is 0 Å². The lowest BCUT2D eigenvalue weighted by Crippen LogP contribution is -2.15. The molecule has 0 unspecified atom stereocenters. The van der Waals surface area contributed by atoms with E-state index in [1.807, 2.05) is 85.1 Å². The molecule has 25 heavy (non-hydrogen) atoms. The fourth-order valence-corrected chi connectivity index (χ4v) is 2.87. The van der Waals surface area contributed by atoms with Crippen molar-refractivity contribution in [2.24, 2.45) is 0 Å². The standard InChI is InChI=1S/C21H17N3O/c25-21(22-20-12-6-8-16-7-4-5-11-19(16)20)15-17-13-14-24(23-17)18-9-2-1-3-10-18/h1-14H,15H2,(H,22,25). The summed E-state index contributed by atoms with van der Waals surface area (Å²) in [5.41, 5.74) is 2.54. The number of para-hydroxylation sites is 1. The van der Waals surface area contributed by atoms with E-state index in [1.54, 1.807) is 4.68 Å². The van der Waals surface area contributed by atoms with Crippen LogP contribution in [0.1, 0.15) is 5.69 Å². The summed E-state index contributed by atoms with van der Waals surface area (Å²) in [5, 5.41) is 9.62. The molecule has 0 saturated carbocycles. The predicted octanol–water partition coefficient (Wildman–Crippen LogP) is 4.21. The molecule has 0 atom stereocenters. The topological polar surface area (TPSA) is 46.9 Å². The number of fused-ring (bicyclic) bond motifs is 1. The van der Waals surface area contributed by atoms with Crippen LogP contribution in [0.3, 0.4) is 0 Å². The van der Waals surface area contributed by atoms with E-state index in [0.717, 1.165) is 27.8 Å². The molecule has 4 rings (SSSR count). The van der Waals surface area contributed by atoms with Gasteiger partial charge in [-0.25, -0.2) is 4.68 Å². The Bertz CT molecular complexity index is 1020. The van der Waals surface area contributed by atoms with Crippen molar-refractivity contribution in [3.63, 3.8) is 0 Å². The third-order valence-corrected chi connectivity index (χ3v) is 4.07. The van der Waals surface area contributed by atoms with Gasteiger partial charge in [-0.15, -0.1) is 0 Å². The van der Waals surface area contributed by atoms with Gasteiger partial charge in [-0.1, -0.05) is 54.6 Å². The Hall–Kier alpha value is -3.40. The second kappa shape index (κ2) is 6.61. The second-order valence-corrected chi connectivity index (χ2v) is 5.84. The lowest BCUT2D eigenvalue weighted by atomic mass is 10.1. The zero-order valence-corrected chi connectivity index (χ0v) is 13.6. The van der Waals surface area contributed by atoms with Crippen molar-refractivity contribution in [3.05, 3.63) is 90.8 Å². The Labute approximate surface area is 145 Å². The molecule has 4 nitrogen and oxygen atoms in total. The van der Waals surface area contributed by atoms with Crippen molar-refractivity contribution < 1.29 is 4.79 Å². The number of aromatic nitrogens is 2. The molecule has 0 spiro atoms. The number of benzene rings is 3. The average molecular weight is 327 g/mol. The van der Waals surface area contributed by atoms with Gasteiger partial charge < -0.3 is 5.32 Å². The molecule has 0 saturated heterocycles. The highest BCUT2D eigenvalue weighted by Crippen LogP contribution is 2.23. The molecule has 0 radical (unpaired) electrons. The quantitative estimate of drug-likeness (QED) is 0.610. The van der Waals surface area contributed by atoms with Gasteiger partial charge in [-0.3, -0.25) is 4.79 Å². The summed E-state index contributed by atoms with van der Waals surface area (Å²) < 4.78 is 1.78. The highest BCUT2D eigenvalue weighted by molar-refractivity contribution is 6.02. The summed E-state index contributed by atoms with van der Waals surface area (Å²) in [5.74, 6) is -0.0744. The smallest absolute Gasteiger partial charge is 0.230 e. The molecular formula is C21H17N3O. The summed E-state index contributed by atoms with van der Waals surface area (Å²) in [4.78, 5) is 12.4. The minimum atomic E-state index is -0.0744. The van der Waals surface area contributed by atoms with E-state index < -0.39 is 0 Å². The number of hydrogen-bond donors (Lipinski definition) is 1. The van der Waals surface area contributed by atoms with Gasteiger partial charge in [0.2, 0.25) is 5.91 Å². The molecule has 0 bridgehead atoms. The van der Waals surface area contributed by atoms with Crippen LogP contribution in [0.5, 0.6) is 0 Å². The lowest BCUT2D eigenvalue weighted by Gasteiger charge is -2.08. The van der Waals surface area contributed by atoms with Crippen LogP contribution >= 0.6 is 0 Å². The SMILES string of the molecule is O=C(Cc1ccn(-c2ccccc2)n1)Nc1cccc2ccccc12. The normalized spacial score (nSPS) is 10.7. The zero-order chi connectivity index (χ0) is 17.1. The maximum atomic E-state index is 12.4. The fraction of sp³-hybridized carbons (Fsp3) is 0.0476. The van der Waals surface area contributed by atoms with Crippen LogP contribution in [0.2, 0.25) is 0 Å². The summed E-state index contributed by atoms with van der Waals surface area (Å²) in [6.07, 6.45) is 2.11.